The maximum atomic E-state index is 9.59. The van der Waals surface area contributed by atoms with Crippen molar-refractivity contribution in [2.45, 2.75) is 12.3 Å². The second-order valence-electron chi connectivity index (χ2n) is 5.57. The number of hydrogen-bond acceptors (Lipinski definition) is 3. The minimum Gasteiger partial charge on any atom is -0.497 e. The molecule has 0 aliphatic heterocycles. The number of methoxy groups -OCH3 is 1. The lowest BCUT2D eigenvalue weighted by Crippen LogP contribution is -2.05. The Morgan fingerprint density at radius 2 is 1.71 bits per heavy atom. The summed E-state index contributed by atoms with van der Waals surface area (Å²) >= 11 is 0. The van der Waals surface area contributed by atoms with Crippen molar-refractivity contribution in [3.63, 3.8) is 0 Å². The van der Waals surface area contributed by atoms with E-state index in [0.29, 0.717) is 13.0 Å². The van der Waals surface area contributed by atoms with Gasteiger partial charge in [-0.3, -0.25) is 0 Å². The number of rotatable bonds is 6. The molecule has 3 heteroatoms. The van der Waals surface area contributed by atoms with Crippen LogP contribution in [0, 0.1) is 11.3 Å². The fourth-order valence-corrected chi connectivity index (χ4v) is 2.83. The van der Waals surface area contributed by atoms with Gasteiger partial charge in [-0.05, 0) is 28.5 Å². The fraction of sp³-hybridized carbons (Fsp3) is 0.190. The van der Waals surface area contributed by atoms with Crippen molar-refractivity contribution < 1.29 is 9.47 Å². The Bertz CT molecular complexity index is 862. The smallest absolute Gasteiger partial charge is 0.122 e. The Morgan fingerprint density at radius 1 is 0.958 bits per heavy atom. The molecule has 0 bridgehead atoms. The van der Waals surface area contributed by atoms with Gasteiger partial charge in [-0.15, -0.1) is 0 Å². The summed E-state index contributed by atoms with van der Waals surface area (Å²) < 4.78 is 11.0. The van der Waals surface area contributed by atoms with Crippen molar-refractivity contribution in [3.8, 4) is 17.6 Å². The van der Waals surface area contributed by atoms with E-state index in [-0.39, 0.29) is 5.92 Å². The normalized spacial score (nSPS) is 11.7. The van der Waals surface area contributed by atoms with Crippen molar-refractivity contribution in [1.29, 1.82) is 5.26 Å². The first-order valence-electron chi connectivity index (χ1n) is 7.96. The molecule has 1 unspecified atom stereocenters. The van der Waals surface area contributed by atoms with Crippen LogP contribution in [0.25, 0.3) is 10.8 Å². The Kier molecular flexibility index (Phi) is 4.98. The highest BCUT2D eigenvalue weighted by molar-refractivity contribution is 5.86. The van der Waals surface area contributed by atoms with Crippen molar-refractivity contribution in [2.24, 2.45) is 0 Å². The maximum Gasteiger partial charge on any atom is 0.122 e. The van der Waals surface area contributed by atoms with E-state index in [1.54, 1.807) is 7.11 Å². The van der Waals surface area contributed by atoms with E-state index in [1.807, 2.05) is 48.5 Å². The molecule has 0 saturated heterocycles. The summed E-state index contributed by atoms with van der Waals surface area (Å²) in [5.41, 5.74) is 1.06. The lowest BCUT2D eigenvalue weighted by atomic mass is 9.92. The first-order valence-corrected chi connectivity index (χ1v) is 7.96. The third-order valence-electron chi connectivity index (χ3n) is 4.07. The van der Waals surface area contributed by atoms with Crippen LogP contribution in [0.3, 0.4) is 0 Å². The second-order valence-corrected chi connectivity index (χ2v) is 5.57. The van der Waals surface area contributed by atoms with Crippen LogP contribution in [0.2, 0.25) is 0 Å². The largest absolute Gasteiger partial charge is 0.497 e. The number of nitrogens with zero attached hydrogens (tertiary/aromatic N) is 1. The molecule has 0 heterocycles. The van der Waals surface area contributed by atoms with Crippen LogP contribution in [-0.2, 0) is 0 Å². The molecular weight excluding hydrogens is 298 g/mol. The molecule has 0 spiro atoms. The maximum absolute atomic E-state index is 9.59. The zero-order valence-electron chi connectivity index (χ0n) is 13.6. The molecule has 0 N–H and O–H groups in total. The van der Waals surface area contributed by atoms with Crippen LogP contribution in [-0.4, -0.2) is 13.7 Å². The molecule has 0 amide bonds. The zero-order chi connectivity index (χ0) is 16.8. The van der Waals surface area contributed by atoms with Gasteiger partial charge in [-0.25, -0.2) is 0 Å². The predicted molar refractivity (Wildman–Crippen MR) is 95.4 cm³/mol. The number of ether oxygens (including phenoxy) is 2. The standard InChI is InChI=1S/C21H19NO2/c1-23-18-8-5-9-19(14-18)24-13-12-17(15-22)21-11-4-7-16-6-2-3-10-20(16)21/h2-11,14,17H,12-13H2,1H3. The number of hydrogen-bond donors (Lipinski definition) is 0. The molecule has 0 fully saturated rings. The van der Waals surface area contributed by atoms with Crippen LogP contribution in [0.5, 0.6) is 11.5 Å². The zero-order valence-corrected chi connectivity index (χ0v) is 13.6. The van der Waals surface area contributed by atoms with Gasteiger partial charge in [-0.2, -0.15) is 5.26 Å². The molecule has 120 valence electrons. The van der Waals surface area contributed by atoms with Crippen LogP contribution in [0.4, 0.5) is 0 Å². The Labute approximate surface area is 142 Å². The predicted octanol–water partition coefficient (Wildman–Crippen LogP) is 4.92. The lowest BCUT2D eigenvalue weighted by molar-refractivity contribution is 0.304. The lowest BCUT2D eigenvalue weighted by Gasteiger charge is -2.13. The topological polar surface area (TPSA) is 42.2 Å². The van der Waals surface area contributed by atoms with E-state index in [2.05, 4.69) is 24.3 Å². The average Bonchev–Trinajstić information content (AvgIpc) is 2.65. The average molecular weight is 317 g/mol. The van der Waals surface area contributed by atoms with Crippen molar-refractivity contribution in [1.82, 2.24) is 0 Å². The van der Waals surface area contributed by atoms with Gasteiger partial charge in [0.1, 0.15) is 11.5 Å². The van der Waals surface area contributed by atoms with Gasteiger partial charge in [0, 0.05) is 12.5 Å². The molecule has 3 nitrogen and oxygen atoms in total. The van der Waals surface area contributed by atoms with Gasteiger partial charge < -0.3 is 9.47 Å². The Balaban J connectivity index is 1.72. The molecule has 0 radical (unpaired) electrons. The highest BCUT2D eigenvalue weighted by Crippen LogP contribution is 2.28. The summed E-state index contributed by atoms with van der Waals surface area (Å²) in [5, 5.41) is 11.9. The van der Waals surface area contributed by atoms with Gasteiger partial charge in [0.25, 0.3) is 0 Å². The Morgan fingerprint density at radius 3 is 2.54 bits per heavy atom. The van der Waals surface area contributed by atoms with E-state index < -0.39 is 0 Å². The summed E-state index contributed by atoms with van der Waals surface area (Å²) in [7, 11) is 1.63. The van der Waals surface area contributed by atoms with Crippen molar-refractivity contribution in [2.75, 3.05) is 13.7 Å². The molecule has 1 atom stereocenters. The van der Waals surface area contributed by atoms with E-state index in [9.17, 15) is 5.26 Å². The number of nitriles is 1. The second kappa shape index (κ2) is 7.52. The van der Waals surface area contributed by atoms with Gasteiger partial charge in [-0.1, -0.05) is 48.5 Å². The molecule has 0 aliphatic rings. The number of fused-ring (bicyclic) bond motifs is 1. The molecule has 0 saturated carbocycles. The van der Waals surface area contributed by atoms with E-state index in [1.165, 1.54) is 0 Å². The van der Waals surface area contributed by atoms with Gasteiger partial charge in [0.15, 0.2) is 0 Å². The van der Waals surface area contributed by atoms with E-state index >= 15 is 0 Å². The quantitative estimate of drug-likeness (QED) is 0.647. The summed E-state index contributed by atoms with van der Waals surface area (Å²) in [6, 6.07) is 24.2. The summed E-state index contributed by atoms with van der Waals surface area (Å²) in [6.45, 7) is 0.481. The van der Waals surface area contributed by atoms with Crippen LogP contribution >= 0.6 is 0 Å². The summed E-state index contributed by atoms with van der Waals surface area (Å²) in [5.74, 6) is 1.32. The van der Waals surface area contributed by atoms with E-state index in [0.717, 1.165) is 27.8 Å². The van der Waals surface area contributed by atoms with Crippen molar-refractivity contribution in [3.05, 3.63) is 72.3 Å². The highest BCUT2D eigenvalue weighted by atomic mass is 16.5. The van der Waals surface area contributed by atoms with E-state index in [4.69, 9.17) is 9.47 Å². The molecule has 0 aliphatic carbocycles. The molecule has 0 aromatic heterocycles. The minimum atomic E-state index is -0.193. The third-order valence-corrected chi connectivity index (χ3v) is 4.07. The van der Waals surface area contributed by atoms with Gasteiger partial charge in [0.2, 0.25) is 0 Å². The number of benzene rings is 3. The molecular formula is C21H19NO2. The third kappa shape index (κ3) is 3.49. The minimum absolute atomic E-state index is 0.193. The van der Waals surface area contributed by atoms with Crippen molar-refractivity contribution >= 4 is 10.8 Å². The Hall–Kier alpha value is -2.99. The van der Waals surface area contributed by atoms with Crippen LogP contribution in [0.15, 0.2) is 66.7 Å². The van der Waals surface area contributed by atoms with Gasteiger partial charge in [0.05, 0.1) is 25.7 Å². The summed E-state index contributed by atoms with van der Waals surface area (Å²) in [6.07, 6.45) is 0.641. The first-order chi connectivity index (χ1) is 11.8. The van der Waals surface area contributed by atoms with Crippen LogP contribution < -0.4 is 9.47 Å². The SMILES string of the molecule is COc1cccc(OCCC(C#N)c2cccc3ccccc23)c1. The fourth-order valence-electron chi connectivity index (χ4n) is 2.83. The summed E-state index contributed by atoms with van der Waals surface area (Å²) in [4.78, 5) is 0. The molecule has 3 aromatic rings. The monoisotopic (exact) mass is 317 g/mol. The molecule has 3 rings (SSSR count). The molecule has 3 aromatic carbocycles. The van der Waals surface area contributed by atoms with Crippen LogP contribution in [0.1, 0.15) is 17.9 Å². The van der Waals surface area contributed by atoms with Gasteiger partial charge >= 0.3 is 0 Å². The first kappa shape index (κ1) is 15.9. The molecule has 24 heavy (non-hydrogen) atoms. The highest BCUT2D eigenvalue weighted by Gasteiger charge is 2.14.